The highest BCUT2D eigenvalue weighted by molar-refractivity contribution is 6.32. The molecule has 9 nitrogen and oxygen atoms in total. The van der Waals surface area contributed by atoms with Gasteiger partial charge < -0.3 is 5.32 Å². The van der Waals surface area contributed by atoms with Gasteiger partial charge in [0.1, 0.15) is 0 Å². The van der Waals surface area contributed by atoms with Gasteiger partial charge in [-0.1, -0.05) is 25.4 Å². The van der Waals surface area contributed by atoms with E-state index in [0.717, 1.165) is 11.3 Å². The van der Waals surface area contributed by atoms with Crippen LogP contribution in [0.1, 0.15) is 43.0 Å². The number of anilines is 1. The maximum atomic E-state index is 14.1. The Balaban J connectivity index is 1.47. The van der Waals surface area contributed by atoms with Crippen LogP contribution in [0.25, 0.3) is 11.5 Å². The molecular formula is C20H18ClFN8O. The van der Waals surface area contributed by atoms with Crippen molar-refractivity contribution in [2.75, 3.05) is 5.32 Å². The van der Waals surface area contributed by atoms with Gasteiger partial charge in [0.15, 0.2) is 11.5 Å². The number of pyridine rings is 1. The highest BCUT2D eigenvalue weighted by Gasteiger charge is 2.43. The van der Waals surface area contributed by atoms with E-state index in [1.807, 2.05) is 13.8 Å². The van der Waals surface area contributed by atoms with Crippen molar-refractivity contribution >= 4 is 28.8 Å². The molecule has 11 heteroatoms. The summed E-state index contributed by atoms with van der Waals surface area (Å²) in [5.74, 6) is -0.891. The third-order valence-electron chi connectivity index (χ3n) is 5.59. The van der Waals surface area contributed by atoms with Crippen molar-refractivity contribution in [1.82, 2.24) is 34.6 Å². The smallest absolute Gasteiger partial charge is 0.238 e. The number of aryl methyl sites for hydroxylation is 1. The van der Waals surface area contributed by atoms with Gasteiger partial charge in [-0.05, 0) is 19.4 Å². The van der Waals surface area contributed by atoms with Gasteiger partial charge >= 0.3 is 0 Å². The van der Waals surface area contributed by atoms with Crippen LogP contribution < -0.4 is 5.32 Å². The van der Waals surface area contributed by atoms with E-state index in [2.05, 4.69) is 30.6 Å². The molecular weight excluding hydrogens is 423 g/mol. The molecule has 0 spiro atoms. The molecule has 4 heterocycles. The van der Waals surface area contributed by atoms with Crippen LogP contribution in [-0.2, 0) is 10.2 Å². The molecule has 4 aromatic rings. The first-order valence-electron chi connectivity index (χ1n) is 9.63. The Hall–Kier alpha value is -3.40. The molecule has 1 aliphatic carbocycles. The summed E-state index contributed by atoms with van der Waals surface area (Å²) >= 11 is 6.30. The third-order valence-corrected chi connectivity index (χ3v) is 5.87. The average Bonchev–Trinajstić information content (AvgIpc) is 3.40. The van der Waals surface area contributed by atoms with Gasteiger partial charge in [-0.3, -0.25) is 4.79 Å². The highest BCUT2D eigenvalue weighted by Crippen LogP contribution is 2.46. The molecule has 0 unspecified atom stereocenters. The number of fused-ring (bicyclic) bond motifs is 3. The summed E-state index contributed by atoms with van der Waals surface area (Å²) in [6.45, 7) is 5.66. The van der Waals surface area contributed by atoms with Gasteiger partial charge in [-0.2, -0.15) is 14.6 Å². The molecule has 1 aliphatic rings. The van der Waals surface area contributed by atoms with Crippen LogP contribution in [0.3, 0.4) is 0 Å². The average molecular weight is 441 g/mol. The molecule has 0 aromatic carbocycles. The largest absolute Gasteiger partial charge is 0.324 e. The molecule has 0 radical (unpaired) electrons. The summed E-state index contributed by atoms with van der Waals surface area (Å²) in [5, 5.41) is 15.2. The quantitative estimate of drug-likeness (QED) is 0.524. The lowest BCUT2D eigenvalue weighted by Crippen LogP contribution is -2.21. The van der Waals surface area contributed by atoms with Crippen LogP contribution in [0.4, 0.5) is 10.1 Å². The second-order valence-electron chi connectivity index (χ2n) is 8.19. The van der Waals surface area contributed by atoms with Crippen molar-refractivity contribution in [3.8, 4) is 5.82 Å². The molecule has 1 amide bonds. The van der Waals surface area contributed by atoms with Crippen molar-refractivity contribution in [2.45, 2.75) is 38.5 Å². The molecule has 5 rings (SSSR count). The Bertz CT molecular complexity index is 1330. The molecule has 1 N–H and O–H groups in total. The van der Waals surface area contributed by atoms with Gasteiger partial charge in [-0.25, -0.2) is 14.5 Å². The first kappa shape index (κ1) is 19.6. The van der Waals surface area contributed by atoms with Crippen LogP contribution in [0, 0.1) is 12.9 Å². The monoisotopic (exact) mass is 440 g/mol. The molecule has 0 saturated heterocycles. The zero-order valence-electron chi connectivity index (χ0n) is 17.0. The number of aromatic nitrogens is 7. The second kappa shape index (κ2) is 6.81. The van der Waals surface area contributed by atoms with E-state index in [-0.39, 0.29) is 5.91 Å². The Labute approximate surface area is 181 Å². The van der Waals surface area contributed by atoms with Gasteiger partial charge in [0.2, 0.25) is 11.9 Å². The fourth-order valence-corrected chi connectivity index (χ4v) is 4.41. The Morgan fingerprint density at radius 2 is 2.00 bits per heavy atom. The lowest BCUT2D eigenvalue weighted by molar-refractivity contribution is -0.117. The normalized spacial score (nSPS) is 17.1. The molecule has 0 fully saturated rings. The van der Waals surface area contributed by atoms with Crippen molar-refractivity contribution < 1.29 is 9.18 Å². The van der Waals surface area contributed by atoms with Crippen molar-refractivity contribution in [3.05, 3.63) is 58.6 Å². The minimum Gasteiger partial charge on any atom is -0.324 e. The standard InChI is InChI=1S/C20H18ClFN8O/c1-10-16(22)28-29-15-13(9-24-17(10)29)12(7-20(15,2)3)19(31)27-11-6-14(21)18(23-8-11)30-25-4-5-26-30/h4-6,8-9,12H,7H2,1-3H3,(H,27,31)/t12-/m0/s1. The second-order valence-corrected chi connectivity index (χ2v) is 8.60. The first-order valence-corrected chi connectivity index (χ1v) is 10.0. The lowest BCUT2D eigenvalue weighted by atomic mass is 9.88. The number of nitrogens with zero attached hydrogens (tertiary/aromatic N) is 7. The maximum absolute atomic E-state index is 14.1. The third kappa shape index (κ3) is 3.05. The van der Waals surface area contributed by atoms with E-state index in [1.165, 1.54) is 27.9 Å². The van der Waals surface area contributed by atoms with Crippen LogP contribution >= 0.6 is 11.6 Å². The van der Waals surface area contributed by atoms with E-state index in [0.29, 0.717) is 34.2 Å². The molecule has 4 aromatic heterocycles. The van der Waals surface area contributed by atoms with Crippen LogP contribution in [0.2, 0.25) is 5.02 Å². The van der Waals surface area contributed by atoms with Gasteiger partial charge in [0.25, 0.3) is 0 Å². The number of hydrogen-bond donors (Lipinski definition) is 1. The number of rotatable bonds is 3. The summed E-state index contributed by atoms with van der Waals surface area (Å²) in [5.41, 5.74) is 2.43. The molecule has 1 atom stereocenters. The lowest BCUT2D eigenvalue weighted by Gasteiger charge is -2.19. The SMILES string of the molecule is Cc1c(F)nn2c3c(cnc12)[C@@H](C(=O)Nc1cnc(-n2nccn2)c(Cl)c1)CC3(C)C. The van der Waals surface area contributed by atoms with Gasteiger partial charge in [-0.15, -0.1) is 9.90 Å². The van der Waals surface area contributed by atoms with Crippen LogP contribution in [0.5, 0.6) is 0 Å². The molecule has 0 saturated carbocycles. The van der Waals surface area contributed by atoms with Gasteiger partial charge in [0, 0.05) is 17.2 Å². The van der Waals surface area contributed by atoms with E-state index in [1.54, 1.807) is 19.2 Å². The van der Waals surface area contributed by atoms with E-state index >= 15 is 0 Å². The summed E-state index contributed by atoms with van der Waals surface area (Å²) in [7, 11) is 0. The van der Waals surface area contributed by atoms with Gasteiger partial charge in [0.05, 0.1) is 46.5 Å². The van der Waals surface area contributed by atoms with Crippen molar-refractivity contribution in [3.63, 3.8) is 0 Å². The summed E-state index contributed by atoms with van der Waals surface area (Å²) in [6, 6.07) is 1.60. The molecule has 158 valence electrons. The van der Waals surface area contributed by atoms with E-state index in [9.17, 15) is 9.18 Å². The summed E-state index contributed by atoms with van der Waals surface area (Å²) in [6.07, 6.45) is 6.72. The fraction of sp³-hybridized carbons (Fsp3) is 0.300. The highest BCUT2D eigenvalue weighted by atomic mass is 35.5. The fourth-order valence-electron chi connectivity index (χ4n) is 4.17. The number of carbonyl (C=O) groups is 1. The summed E-state index contributed by atoms with van der Waals surface area (Å²) < 4.78 is 15.6. The molecule has 0 aliphatic heterocycles. The Morgan fingerprint density at radius 1 is 1.26 bits per heavy atom. The van der Waals surface area contributed by atoms with Crippen LogP contribution in [-0.4, -0.2) is 40.5 Å². The molecule has 31 heavy (non-hydrogen) atoms. The zero-order valence-corrected chi connectivity index (χ0v) is 17.7. The minimum atomic E-state index is -0.558. The number of hydrogen-bond acceptors (Lipinski definition) is 6. The number of nitrogens with one attached hydrogen (secondary N) is 1. The van der Waals surface area contributed by atoms with E-state index in [4.69, 9.17) is 11.6 Å². The number of halogens is 2. The topological polar surface area (TPSA) is 103 Å². The molecule has 0 bridgehead atoms. The Kier molecular flexibility index (Phi) is 4.30. The maximum Gasteiger partial charge on any atom is 0.238 e. The summed E-state index contributed by atoms with van der Waals surface area (Å²) in [4.78, 5) is 23.1. The van der Waals surface area contributed by atoms with Crippen molar-refractivity contribution in [1.29, 1.82) is 0 Å². The Morgan fingerprint density at radius 3 is 2.71 bits per heavy atom. The van der Waals surface area contributed by atoms with Crippen molar-refractivity contribution in [2.24, 2.45) is 0 Å². The predicted molar refractivity (Wildman–Crippen MR) is 111 cm³/mol. The number of carbonyl (C=O) groups excluding carboxylic acids is 1. The zero-order chi connectivity index (χ0) is 21.9. The predicted octanol–water partition coefficient (Wildman–Crippen LogP) is 3.21. The number of amides is 1. The van der Waals surface area contributed by atoms with Crippen LogP contribution in [0.15, 0.2) is 30.9 Å². The van der Waals surface area contributed by atoms with E-state index < -0.39 is 17.3 Å². The first-order chi connectivity index (χ1) is 14.8. The minimum absolute atomic E-state index is 0.222.